The lowest BCUT2D eigenvalue weighted by atomic mass is 10.1. The largest absolute Gasteiger partial charge is 0.504 e. The van der Waals surface area contributed by atoms with Crippen molar-refractivity contribution in [3.63, 3.8) is 0 Å². The van der Waals surface area contributed by atoms with E-state index in [-0.39, 0.29) is 11.7 Å². The van der Waals surface area contributed by atoms with Crippen molar-refractivity contribution in [2.24, 2.45) is 4.99 Å². The summed E-state index contributed by atoms with van der Waals surface area (Å²) in [5.41, 5.74) is 6.49. The molecule has 3 aromatic carbocycles. The lowest BCUT2D eigenvalue weighted by Crippen LogP contribution is -2.29. The Bertz CT molecular complexity index is 1330. The molecule has 1 saturated heterocycles. The summed E-state index contributed by atoms with van der Waals surface area (Å²) in [6.45, 7) is 10.4. The number of phenols is 1. The number of thioether (sulfide) groups is 1. The number of aliphatic imine (C=N–C) groups is 1. The minimum Gasteiger partial charge on any atom is -0.504 e. The van der Waals surface area contributed by atoms with Gasteiger partial charge in [0, 0.05) is 5.56 Å². The third-order valence-electron chi connectivity index (χ3n) is 6.03. The number of hydrogen-bond acceptors (Lipinski definition) is 5. The van der Waals surface area contributed by atoms with E-state index in [0.717, 1.165) is 33.6 Å². The highest BCUT2D eigenvalue weighted by atomic mass is 32.2. The van der Waals surface area contributed by atoms with Gasteiger partial charge in [0.25, 0.3) is 5.91 Å². The highest BCUT2D eigenvalue weighted by Crippen LogP contribution is 2.41. The summed E-state index contributed by atoms with van der Waals surface area (Å²) in [5, 5.41) is 11.2. The highest BCUT2D eigenvalue weighted by molar-refractivity contribution is 8.19. The van der Waals surface area contributed by atoms with Crippen molar-refractivity contribution in [3.8, 4) is 11.5 Å². The number of rotatable bonds is 5. The fourth-order valence-electron chi connectivity index (χ4n) is 3.77. The summed E-state index contributed by atoms with van der Waals surface area (Å²) in [7, 11) is 0. The van der Waals surface area contributed by atoms with Gasteiger partial charge in [0.2, 0.25) is 0 Å². The molecule has 0 unspecified atom stereocenters. The molecule has 0 aromatic heterocycles. The number of anilines is 1. The molecule has 1 aliphatic rings. The summed E-state index contributed by atoms with van der Waals surface area (Å²) in [6, 6.07) is 17.2. The molecular weight excluding hydrogens is 444 g/mol. The predicted molar refractivity (Wildman–Crippen MR) is 141 cm³/mol. The van der Waals surface area contributed by atoms with Gasteiger partial charge in [-0.05, 0) is 92.9 Å². The van der Waals surface area contributed by atoms with Crippen molar-refractivity contribution < 1.29 is 14.6 Å². The van der Waals surface area contributed by atoms with Gasteiger partial charge in [-0.15, -0.1) is 0 Å². The number of aryl methyl sites for hydroxylation is 2. The molecule has 0 spiro atoms. The summed E-state index contributed by atoms with van der Waals surface area (Å²) in [4.78, 5) is 20.8. The number of carbonyl (C=O) groups is 1. The molecule has 0 radical (unpaired) electrons. The summed E-state index contributed by atoms with van der Waals surface area (Å²) in [5.74, 6) is 0.232. The number of nitrogens with zero attached hydrogens (tertiary/aromatic N) is 2. The van der Waals surface area contributed by atoms with Crippen molar-refractivity contribution in [1.29, 1.82) is 0 Å². The Kier molecular flexibility index (Phi) is 6.80. The Labute approximate surface area is 204 Å². The Hall–Kier alpha value is -3.51. The zero-order valence-corrected chi connectivity index (χ0v) is 20.9. The summed E-state index contributed by atoms with van der Waals surface area (Å²) >= 11 is 1.30. The maximum Gasteiger partial charge on any atom is 0.271 e. The average molecular weight is 473 g/mol. The van der Waals surface area contributed by atoms with Crippen LogP contribution < -0.4 is 9.64 Å². The van der Waals surface area contributed by atoms with Gasteiger partial charge in [-0.25, -0.2) is 4.99 Å². The zero-order valence-electron chi connectivity index (χ0n) is 20.0. The van der Waals surface area contributed by atoms with Crippen LogP contribution in [-0.2, 0) is 4.79 Å². The van der Waals surface area contributed by atoms with E-state index in [1.165, 1.54) is 11.8 Å². The van der Waals surface area contributed by atoms with Crippen LogP contribution >= 0.6 is 11.8 Å². The topological polar surface area (TPSA) is 62.1 Å². The van der Waals surface area contributed by atoms with Crippen LogP contribution in [0.4, 0.5) is 11.4 Å². The first-order chi connectivity index (χ1) is 16.3. The number of ether oxygens (including phenoxy) is 1. The van der Waals surface area contributed by atoms with E-state index < -0.39 is 0 Å². The molecule has 1 N–H and O–H groups in total. The minimum absolute atomic E-state index is 0.0171. The van der Waals surface area contributed by atoms with Gasteiger partial charge in [-0.3, -0.25) is 9.69 Å². The number of aromatic hydroxyl groups is 1. The Morgan fingerprint density at radius 2 is 1.65 bits per heavy atom. The van der Waals surface area contributed by atoms with E-state index >= 15 is 0 Å². The van der Waals surface area contributed by atoms with Crippen molar-refractivity contribution >= 4 is 40.3 Å². The van der Waals surface area contributed by atoms with Gasteiger partial charge in [-0.1, -0.05) is 36.4 Å². The second-order valence-electron chi connectivity index (χ2n) is 8.21. The van der Waals surface area contributed by atoms with Crippen molar-refractivity contribution in [1.82, 2.24) is 0 Å². The number of amidine groups is 1. The zero-order chi connectivity index (χ0) is 24.4. The molecule has 6 heteroatoms. The molecule has 3 aromatic rings. The van der Waals surface area contributed by atoms with E-state index in [0.29, 0.717) is 28.0 Å². The first kappa shape index (κ1) is 23.6. The van der Waals surface area contributed by atoms with Gasteiger partial charge in [-0.2, -0.15) is 0 Å². The molecule has 1 heterocycles. The van der Waals surface area contributed by atoms with Crippen molar-refractivity contribution in [2.45, 2.75) is 34.6 Å². The van der Waals surface area contributed by atoms with Crippen molar-refractivity contribution in [2.75, 3.05) is 11.5 Å². The Balaban J connectivity index is 1.85. The molecular formula is C28H28N2O3S. The standard InChI is InChI=1S/C28H28N2O3S/c1-6-33-24-15-9-12-21(26(24)31)16-25-27(32)30(23-14-8-11-18(3)20(23)5)28(34-25)29-22-13-7-10-17(2)19(22)4/h7-16,31H,6H2,1-5H3/b25-16-,29-28?. The van der Waals surface area contributed by atoms with Gasteiger partial charge in [0.1, 0.15) is 0 Å². The third kappa shape index (κ3) is 4.46. The van der Waals surface area contributed by atoms with Gasteiger partial charge >= 0.3 is 0 Å². The molecule has 34 heavy (non-hydrogen) atoms. The predicted octanol–water partition coefficient (Wildman–Crippen LogP) is 6.83. The quantitative estimate of drug-likeness (QED) is 0.413. The lowest BCUT2D eigenvalue weighted by Gasteiger charge is -2.19. The van der Waals surface area contributed by atoms with Crippen molar-refractivity contribution in [3.05, 3.63) is 87.3 Å². The van der Waals surface area contributed by atoms with Crippen LogP contribution in [0, 0.1) is 27.7 Å². The van der Waals surface area contributed by atoms with Gasteiger partial charge in [0.15, 0.2) is 16.7 Å². The number of hydrogen-bond donors (Lipinski definition) is 1. The van der Waals surface area contributed by atoms with Crippen LogP contribution in [0.25, 0.3) is 6.08 Å². The van der Waals surface area contributed by atoms with Crippen LogP contribution in [0.2, 0.25) is 0 Å². The minimum atomic E-state index is -0.177. The molecule has 1 amide bonds. The Morgan fingerprint density at radius 1 is 0.971 bits per heavy atom. The van der Waals surface area contributed by atoms with E-state index in [9.17, 15) is 9.90 Å². The van der Waals surface area contributed by atoms with Crippen LogP contribution in [0.1, 0.15) is 34.7 Å². The number of carbonyl (C=O) groups excluding carboxylic acids is 1. The van der Waals surface area contributed by atoms with Crippen LogP contribution in [0.15, 0.2) is 64.5 Å². The number of para-hydroxylation sites is 1. The summed E-state index contributed by atoms with van der Waals surface area (Å²) < 4.78 is 5.51. The fraction of sp³-hybridized carbons (Fsp3) is 0.214. The first-order valence-electron chi connectivity index (χ1n) is 11.2. The molecule has 5 nitrogen and oxygen atoms in total. The third-order valence-corrected chi connectivity index (χ3v) is 7.00. The van der Waals surface area contributed by atoms with Gasteiger partial charge in [0.05, 0.1) is 22.9 Å². The summed E-state index contributed by atoms with van der Waals surface area (Å²) in [6.07, 6.45) is 1.70. The first-order valence-corrected chi connectivity index (χ1v) is 12.0. The molecule has 0 bridgehead atoms. The normalized spacial score (nSPS) is 16.0. The molecule has 174 valence electrons. The second-order valence-corrected chi connectivity index (χ2v) is 9.22. The molecule has 0 atom stereocenters. The van der Waals surface area contributed by atoms with E-state index in [1.54, 1.807) is 29.2 Å². The maximum absolute atomic E-state index is 13.7. The van der Waals surface area contributed by atoms with Gasteiger partial charge < -0.3 is 9.84 Å². The van der Waals surface area contributed by atoms with E-state index in [4.69, 9.17) is 9.73 Å². The SMILES string of the molecule is CCOc1cccc(/C=C2\SC(=Nc3cccc(C)c3C)N(c3cccc(C)c3C)C2=O)c1O. The van der Waals surface area contributed by atoms with Crippen LogP contribution in [0.5, 0.6) is 11.5 Å². The molecule has 1 aliphatic heterocycles. The highest BCUT2D eigenvalue weighted by Gasteiger charge is 2.36. The second kappa shape index (κ2) is 9.77. The van der Waals surface area contributed by atoms with E-state index in [2.05, 4.69) is 0 Å². The fourth-order valence-corrected chi connectivity index (χ4v) is 4.75. The maximum atomic E-state index is 13.7. The Morgan fingerprint density at radius 3 is 2.38 bits per heavy atom. The molecule has 0 saturated carbocycles. The average Bonchev–Trinajstić information content (AvgIpc) is 3.11. The molecule has 0 aliphatic carbocycles. The molecule has 1 fully saturated rings. The number of amides is 1. The lowest BCUT2D eigenvalue weighted by molar-refractivity contribution is -0.113. The van der Waals surface area contributed by atoms with E-state index in [1.807, 2.05) is 71.0 Å². The number of benzene rings is 3. The number of phenolic OH excluding ortho intramolecular Hbond substituents is 1. The smallest absolute Gasteiger partial charge is 0.271 e. The van der Waals surface area contributed by atoms with Crippen LogP contribution in [-0.4, -0.2) is 22.8 Å². The monoisotopic (exact) mass is 472 g/mol. The molecule has 4 rings (SSSR count). The van der Waals surface area contributed by atoms with Crippen LogP contribution in [0.3, 0.4) is 0 Å².